The fourth-order valence-corrected chi connectivity index (χ4v) is 5.23. The molecule has 0 atom stereocenters. The van der Waals surface area contributed by atoms with Crippen LogP contribution in [0.3, 0.4) is 0 Å². The van der Waals surface area contributed by atoms with Crippen LogP contribution in [0.15, 0.2) is 40.1 Å². The number of imidazole rings is 1. The fraction of sp³-hybridized carbons (Fsp3) is 0.480. The molecule has 0 amide bonds. The second-order valence-electron chi connectivity index (χ2n) is 9.29. The average Bonchev–Trinajstić information content (AvgIpc) is 3.42. The Hall–Kier alpha value is -3.29. The molecule has 33 heavy (non-hydrogen) atoms. The SMILES string of the molecule is Cn1c(=O)c2c(nc(NCCc3c[nH]c4ccccc34)n2CCC2CCCCC2)n(C)c1=O. The van der Waals surface area contributed by atoms with Crippen molar-refractivity contribution in [2.45, 2.75) is 51.5 Å². The number of fused-ring (bicyclic) bond motifs is 2. The number of aromatic nitrogens is 5. The molecule has 2 N–H and O–H groups in total. The van der Waals surface area contributed by atoms with Gasteiger partial charge in [-0.05, 0) is 30.4 Å². The molecule has 1 aliphatic carbocycles. The van der Waals surface area contributed by atoms with Gasteiger partial charge >= 0.3 is 5.69 Å². The Morgan fingerprint density at radius 1 is 1.09 bits per heavy atom. The van der Waals surface area contributed by atoms with Gasteiger partial charge in [-0.25, -0.2) is 4.79 Å². The highest BCUT2D eigenvalue weighted by Gasteiger charge is 2.21. The van der Waals surface area contributed by atoms with Gasteiger partial charge in [-0.1, -0.05) is 50.3 Å². The van der Waals surface area contributed by atoms with Gasteiger partial charge in [0, 0.05) is 44.3 Å². The van der Waals surface area contributed by atoms with E-state index in [2.05, 4.69) is 28.6 Å². The van der Waals surface area contributed by atoms with E-state index in [0.29, 0.717) is 29.6 Å². The third-order valence-corrected chi connectivity index (χ3v) is 7.19. The summed E-state index contributed by atoms with van der Waals surface area (Å²) in [5.41, 5.74) is 2.69. The molecule has 0 spiro atoms. The van der Waals surface area contributed by atoms with Gasteiger partial charge in [-0.15, -0.1) is 0 Å². The minimum atomic E-state index is -0.352. The predicted molar refractivity (Wildman–Crippen MR) is 132 cm³/mol. The first-order valence-corrected chi connectivity index (χ1v) is 12.0. The third-order valence-electron chi connectivity index (χ3n) is 7.19. The van der Waals surface area contributed by atoms with Gasteiger partial charge in [0.15, 0.2) is 11.2 Å². The van der Waals surface area contributed by atoms with Crippen LogP contribution in [0.5, 0.6) is 0 Å². The summed E-state index contributed by atoms with van der Waals surface area (Å²) >= 11 is 0. The number of nitrogens with zero attached hydrogens (tertiary/aromatic N) is 4. The molecule has 5 rings (SSSR count). The molecule has 0 saturated heterocycles. The fourth-order valence-electron chi connectivity index (χ4n) is 5.23. The molecule has 1 saturated carbocycles. The molecule has 1 aliphatic rings. The summed E-state index contributed by atoms with van der Waals surface area (Å²) in [5.74, 6) is 1.35. The first-order valence-electron chi connectivity index (χ1n) is 12.0. The van der Waals surface area contributed by atoms with E-state index in [1.54, 1.807) is 7.05 Å². The summed E-state index contributed by atoms with van der Waals surface area (Å²) in [7, 11) is 3.21. The maximum absolute atomic E-state index is 13.1. The number of nitrogens with one attached hydrogen (secondary N) is 2. The van der Waals surface area contributed by atoms with Crippen LogP contribution >= 0.6 is 0 Å². The molecule has 0 bridgehead atoms. The van der Waals surface area contributed by atoms with Crippen molar-refractivity contribution in [3.8, 4) is 0 Å². The van der Waals surface area contributed by atoms with Gasteiger partial charge in [0.2, 0.25) is 5.95 Å². The zero-order valence-corrected chi connectivity index (χ0v) is 19.4. The summed E-state index contributed by atoms with van der Waals surface area (Å²) in [6.45, 7) is 1.41. The Labute approximate surface area is 192 Å². The highest BCUT2D eigenvalue weighted by atomic mass is 16.2. The van der Waals surface area contributed by atoms with Crippen LogP contribution in [0.25, 0.3) is 22.1 Å². The molecular formula is C25H32N6O2. The normalized spacial score (nSPS) is 15.0. The highest BCUT2D eigenvalue weighted by Crippen LogP contribution is 2.28. The lowest BCUT2D eigenvalue weighted by atomic mass is 9.87. The summed E-state index contributed by atoms with van der Waals surface area (Å²) in [5, 5.41) is 4.68. The maximum Gasteiger partial charge on any atom is 0.332 e. The highest BCUT2D eigenvalue weighted by molar-refractivity contribution is 5.83. The van der Waals surface area contributed by atoms with Crippen molar-refractivity contribution < 1.29 is 0 Å². The number of hydrogen-bond acceptors (Lipinski definition) is 4. The molecule has 4 aromatic rings. The molecule has 1 aromatic carbocycles. The van der Waals surface area contributed by atoms with Crippen molar-refractivity contribution in [2.75, 3.05) is 11.9 Å². The minimum Gasteiger partial charge on any atom is -0.361 e. The number of para-hydroxylation sites is 1. The van der Waals surface area contributed by atoms with E-state index in [9.17, 15) is 9.59 Å². The largest absolute Gasteiger partial charge is 0.361 e. The first kappa shape index (κ1) is 21.6. The van der Waals surface area contributed by atoms with Crippen molar-refractivity contribution in [2.24, 2.45) is 20.0 Å². The van der Waals surface area contributed by atoms with Gasteiger partial charge in [-0.2, -0.15) is 4.98 Å². The Balaban J connectivity index is 1.44. The average molecular weight is 449 g/mol. The van der Waals surface area contributed by atoms with Crippen LogP contribution in [0.2, 0.25) is 0 Å². The lowest BCUT2D eigenvalue weighted by Gasteiger charge is -2.22. The molecule has 1 fully saturated rings. The second kappa shape index (κ2) is 8.92. The van der Waals surface area contributed by atoms with Gasteiger partial charge < -0.3 is 14.9 Å². The summed E-state index contributed by atoms with van der Waals surface area (Å²) in [6.07, 6.45) is 10.3. The number of hydrogen-bond donors (Lipinski definition) is 2. The van der Waals surface area contributed by atoms with Crippen LogP contribution in [0, 0.1) is 5.92 Å². The lowest BCUT2D eigenvalue weighted by Crippen LogP contribution is -2.37. The summed E-state index contributed by atoms with van der Waals surface area (Å²) < 4.78 is 4.65. The monoisotopic (exact) mass is 448 g/mol. The van der Waals surface area contributed by atoms with E-state index in [-0.39, 0.29) is 11.2 Å². The molecule has 0 radical (unpaired) electrons. The molecular weight excluding hydrogens is 416 g/mol. The van der Waals surface area contributed by atoms with Crippen molar-refractivity contribution >= 4 is 28.0 Å². The quantitative estimate of drug-likeness (QED) is 0.453. The molecule has 0 aliphatic heterocycles. The van der Waals surface area contributed by atoms with Gasteiger partial charge in [-0.3, -0.25) is 13.9 Å². The van der Waals surface area contributed by atoms with E-state index in [4.69, 9.17) is 4.98 Å². The Kier molecular flexibility index (Phi) is 5.83. The Bertz CT molecular complexity index is 1400. The standard InChI is InChI=1S/C25H32N6O2/c1-29-22-21(23(32)30(2)25(29)33)31(15-13-17-8-4-3-5-9-17)24(28-22)26-14-12-18-16-27-20-11-7-6-10-19(18)20/h6-7,10-11,16-17,27H,3-5,8-9,12-15H2,1-2H3,(H,26,28). The van der Waals surface area contributed by atoms with Crippen LogP contribution in [0.1, 0.15) is 44.1 Å². The Morgan fingerprint density at radius 2 is 1.88 bits per heavy atom. The predicted octanol–water partition coefficient (Wildman–Crippen LogP) is 3.54. The zero-order chi connectivity index (χ0) is 22.9. The molecule has 8 heteroatoms. The number of benzene rings is 1. The number of H-pyrrole nitrogens is 1. The van der Waals surface area contributed by atoms with Crippen molar-refractivity contribution in [1.82, 2.24) is 23.7 Å². The number of anilines is 1. The van der Waals surface area contributed by atoms with E-state index < -0.39 is 0 Å². The van der Waals surface area contributed by atoms with E-state index >= 15 is 0 Å². The van der Waals surface area contributed by atoms with Crippen LogP contribution in [0.4, 0.5) is 5.95 Å². The summed E-state index contributed by atoms with van der Waals surface area (Å²) in [6, 6.07) is 8.28. The third kappa shape index (κ3) is 3.98. The molecule has 174 valence electrons. The minimum absolute atomic E-state index is 0.283. The molecule has 3 heterocycles. The van der Waals surface area contributed by atoms with Gasteiger partial charge in [0.1, 0.15) is 0 Å². The number of aryl methyl sites for hydroxylation is 2. The van der Waals surface area contributed by atoms with E-state index in [1.807, 2.05) is 16.7 Å². The molecule has 8 nitrogen and oxygen atoms in total. The van der Waals surface area contributed by atoms with E-state index in [0.717, 1.165) is 24.9 Å². The summed E-state index contributed by atoms with van der Waals surface area (Å²) in [4.78, 5) is 33.6. The van der Waals surface area contributed by atoms with Crippen LogP contribution < -0.4 is 16.6 Å². The maximum atomic E-state index is 13.1. The first-order chi connectivity index (χ1) is 16.0. The van der Waals surface area contributed by atoms with Gasteiger partial charge in [0.25, 0.3) is 5.56 Å². The smallest absolute Gasteiger partial charge is 0.332 e. The van der Waals surface area contributed by atoms with Crippen LogP contribution in [-0.2, 0) is 27.1 Å². The van der Waals surface area contributed by atoms with Crippen molar-refractivity contribution in [1.29, 1.82) is 0 Å². The van der Waals surface area contributed by atoms with Crippen molar-refractivity contribution in [3.05, 3.63) is 56.9 Å². The zero-order valence-electron chi connectivity index (χ0n) is 19.4. The van der Waals surface area contributed by atoms with E-state index in [1.165, 1.54) is 59.2 Å². The van der Waals surface area contributed by atoms with Crippen molar-refractivity contribution in [3.63, 3.8) is 0 Å². The molecule has 3 aromatic heterocycles. The topological polar surface area (TPSA) is 89.6 Å². The number of aromatic amines is 1. The second-order valence-corrected chi connectivity index (χ2v) is 9.29. The number of rotatable bonds is 7. The van der Waals surface area contributed by atoms with Gasteiger partial charge in [0.05, 0.1) is 0 Å². The lowest BCUT2D eigenvalue weighted by molar-refractivity contribution is 0.326. The van der Waals surface area contributed by atoms with Crippen LogP contribution in [-0.4, -0.2) is 30.2 Å². The Morgan fingerprint density at radius 3 is 2.70 bits per heavy atom. The molecule has 0 unspecified atom stereocenters.